The first-order chi connectivity index (χ1) is 9.02. The van der Waals surface area contributed by atoms with E-state index in [9.17, 15) is 5.11 Å². The van der Waals surface area contributed by atoms with Crippen LogP contribution in [0.15, 0.2) is 12.1 Å². The Morgan fingerprint density at radius 3 is 2.37 bits per heavy atom. The SMILES string of the molecule is Cc1ccc(C(C)C)c(C2(CN)CCCCC2)c1O. The van der Waals surface area contributed by atoms with Gasteiger partial charge in [-0.2, -0.15) is 0 Å². The Morgan fingerprint density at radius 1 is 1.21 bits per heavy atom. The molecule has 1 fully saturated rings. The maximum absolute atomic E-state index is 10.6. The molecule has 0 aromatic heterocycles. The summed E-state index contributed by atoms with van der Waals surface area (Å²) in [4.78, 5) is 0. The van der Waals surface area contributed by atoms with E-state index in [1.54, 1.807) is 0 Å². The van der Waals surface area contributed by atoms with Gasteiger partial charge in [0.1, 0.15) is 5.75 Å². The first-order valence-electron chi connectivity index (χ1n) is 7.55. The molecule has 3 N–H and O–H groups in total. The summed E-state index contributed by atoms with van der Waals surface area (Å²) in [6.45, 7) is 7.01. The molecule has 2 nitrogen and oxygen atoms in total. The summed E-state index contributed by atoms with van der Waals surface area (Å²) in [5.41, 5.74) is 9.53. The van der Waals surface area contributed by atoms with E-state index in [-0.39, 0.29) is 5.41 Å². The van der Waals surface area contributed by atoms with Crippen molar-refractivity contribution in [2.75, 3.05) is 6.54 Å². The maximum atomic E-state index is 10.6. The van der Waals surface area contributed by atoms with Crippen molar-refractivity contribution in [1.29, 1.82) is 0 Å². The minimum atomic E-state index is -0.00600. The van der Waals surface area contributed by atoms with Crippen LogP contribution in [0.2, 0.25) is 0 Å². The summed E-state index contributed by atoms with van der Waals surface area (Å²) >= 11 is 0. The predicted octanol–water partition coefficient (Wildman–Crippen LogP) is 3.98. The maximum Gasteiger partial charge on any atom is 0.122 e. The van der Waals surface area contributed by atoms with E-state index < -0.39 is 0 Å². The van der Waals surface area contributed by atoms with Crippen LogP contribution in [-0.4, -0.2) is 11.7 Å². The molecular weight excluding hydrogens is 234 g/mol. The van der Waals surface area contributed by atoms with Gasteiger partial charge in [0.2, 0.25) is 0 Å². The number of rotatable bonds is 3. The lowest BCUT2D eigenvalue weighted by molar-refractivity contribution is 0.287. The molecular formula is C17H27NO. The third-order valence-electron chi connectivity index (χ3n) is 4.77. The molecule has 0 bridgehead atoms. The van der Waals surface area contributed by atoms with Crippen molar-refractivity contribution in [1.82, 2.24) is 0 Å². The van der Waals surface area contributed by atoms with E-state index in [1.807, 2.05) is 13.0 Å². The quantitative estimate of drug-likeness (QED) is 0.864. The van der Waals surface area contributed by atoms with E-state index in [0.29, 0.717) is 18.2 Å². The van der Waals surface area contributed by atoms with Crippen LogP contribution in [0.25, 0.3) is 0 Å². The monoisotopic (exact) mass is 261 g/mol. The number of hydrogen-bond donors (Lipinski definition) is 2. The highest BCUT2D eigenvalue weighted by molar-refractivity contribution is 5.51. The molecule has 0 amide bonds. The normalized spacial score (nSPS) is 18.8. The predicted molar refractivity (Wildman–Crippen MR) is 80.8 cm³/mol. The van der Waals surface area contributed by atoms with Crippen molar-refractivity contribution in [2.24, 2.45) is 5.73 Å². The van der Waals surface area contributed by atoms with Gasteiger partial charge in [-0.25, -0.2) is 0 Å². The highest BCUT2D eigenvalue weighted by Crippen LogP contribution is 2.46. The number of phenols is 1. The number of aromatic hydroxyl groups is 1. The molecule has 2 heteroatoms. The first-order valence-corrected chi connectivity index (χ1v) is 7.55. The van der Waals surface area contributed by atoms with Crippen LogP contribution >= 0.6 is 0 Å². The molecule has 106 valence electrons. The van der Waals surface area contributed by atoms with E-state index >= 15 is 0 Å². The van der Waals surface area contributed by atoms with E-state index in [2.05, 4.69) is 19.9 Å². The van der Waals surface area contributed by atoms with Crippen molar-refractivity contribution >= 4 is 0 Å². The van der Waals surface area contributed by atoms with Gasteiger partial charge in [-0.1, -0.05) is 45.2 Å². The smallest absolute Gasteiger partial charge is 0.122 e. The average Bonchev–Trinajstić information content (AvgIpc) is 2.42. The fourth-order valence-corrected chi connectivity index (χ4v) is 3.53. The molecule has 2 rings (SSSR count). The van der Waals surface area contributed by atoms with Gasteiger partial charge in [-0.05, 0) is 36.8 Å². The number of benzene rings is 1. The van der Waals surface area contributed by atoms with E-state index in [1.165, 1.54) is 24.8 Å². The lowest BCUT2D eigenvalue weighted by atomic mass is 9.66. The standard InChI is InChI=1S/C17H27NO/c1-12(2)14-8-7-13(3)16(19)15(14)17(11-18)9-5-4-6-10-17/h7-8,12,19H,4-6,9-11,18H2,1-3H3. The molecule has 1 aromatic rings. The Hall–Kier alpha value is -1.02. The third kappa shape index (κ3) is 2.51. The number of nitrogens with two attached hydrogens (primary N) is 1. The third-order valence-corrected chi connectivity index (χ3v) is 4.77. The van der Waals surface area contributed by atoms with Gasteiger partial charge in [-0.3, -0.25) is 0 Å². The molecule has 0 aliphatic heterocycles. The lowest BCUT2D eigenvalue weighted by Gasteiger charge is -2.39. The van der Waals surface area contributed by atoms with Gasteiger partial charge in [0.15, 0.2) is 0 Å². The molecule has 0 radical (unpaired) electrons. The molecule has 1 saturated carbocycles. The average molecular weight is 261 g/mol. The van der Waals surface area contributed by atoms with Crippen molar-refractivity contribution in [2.45, 2.75) is 64.2 Å². The summed E-state index contributed by atoms with van der Waals surface area (Å²) in [6.07, 6.45) is 5.97. The van der Waals surface area contributed by atoms with Crippen LogP contribution in [0.1, 0.15) is 68.6 Å². The van der Waals surface area contributed by atoms with Gasteiger partial charge in [0, 0.05) is 17.5 Å². The van der Waals surface area contributed by atoms with Crippen LogP contribution in [0.3, 0.4) is 0 Å². The minimum Gasteiger partial charge on any atom is -0.507 e. The Balaban J connectivity index is 2.60. The highest BCUT2D eigenvalue weighted by Gasteiger charge is 2.37. The van der Waals surface area contributed by atoms with Crippen LogP contribution < -0.4 is 5.73 Å². The zero-order chi connectivity index (χ0) is 14.0. The largest absolute Gasteiger partial charge is 0.507 e. The number of phenolic OH excluding ortho intramolecular Hbond substituents is 1. The number of aryl methyl sites for hydroxylation is 1. The van der Waals surface area contributed by atoms with Crippen LogP contribution in [0.5, 0.6) is 5.75 Å². The van der Waals surface area contributed by atoms with Crippen LogP contribution in [0, 0.1) is 6.92 Å². The lowest BCUT2D eigenvalue weighted by Crippen LogP contribution is -2.38. The second kappa shape index (κ2) is 5.54. The molecule has 1 aliphatic rings. The molecule has 1 aliphatic carbocycles. The number of hydrogen-bond acceptors (Lipinski definition) is 2. The van der Waals surface area contributed by atoms with Crippen molar-refractivity contribution in [3.63, 3.8) is 0 Å². The van der Waals surface area contributed by atoms with Gasteiger partial charge in [-0.15, -0.1) is 0 Å². The van der Waals surface area contributed by atoms with Crippen LogP contribution in [0.4, 0.5) is 0 Å². The summed E-state index contributed by atoms with van der Waals surface area (Å²) in [5.74, 6) is 0.908. The first kappa shape index (κ1) is 14.4. The summed E-state index contributed by atoms with van der Waals surface area (Å²) in [5, 5.41) is 10.6. The van der Waals surface area contributed by atoms with Crippen molar-refractivity contribution in [3.05, 3.63) is 28.8 Å². The molecule has 0 heterocycles. The van der Waals surface area contributed by atoms with Gasteiger partial charge >= 0.3 is 0 Å². The van der Waals surface area contributed by atoms with Crippen LogP contribution in [-0.2, 0) is 5.41 Å². The van der Waals surface area contributed by atoms with Gasteiger partial charge in [0.05, 0.1) is 0 Å². The second-order valence-corrected chi connectivity index (χ2v) is 6.40. The molecule has 0 unspecified atom stereocenters. The Morgan fingerprint density at radius 2 is 1.84 bits per heavy atom. The molecule has 19 heavy (non-hydrogen) atoms. The van der Waals surface area contributed by atoms with E-state index in [0.717, 1.165) is 24.0 Å². The zero-order valence-electron chi connectivity index (χ0n) is 12.5. The summed E-state index contributed by atoms with van der Waals surface area (Å²) in [7, 11) is 0. The Labute approximate surface area is 117 Å². The fraction of sp³-hybridized carbons (Fsp3) is 0.647. The fourth-order valence-electron chi connectivity index (χ4n) is 3.53. The highest BCUT2D eigenvalue weighted by atomic mass is 16.3. The molecule has 0 atom stereocenters. The minimum absolute atomic E-state index is 0.00600. The zero-order valence-corrected chi connectivity index (χ0v) is 12.5. The summed E-state index contributed by atoms with van der Waals surface area (Å²) in [6, 6.07) is 4.21. The Kier molecular flexibility index (Phi) is 4.19. The molecule has 0 saturated heterocycles. The second-order valence-electron chi connectivity index (χ2n) is 6.40. The molecule has 1 aromatic carbocycles. The topological polar surface area (TPSA) is 46.2 Å². The summed E-state index contributed by atoms with van der Waals surface area (Å²) < 4.78 is 0. The van der Waals surface area contributed by atoms with Gasteiger partial charge in [0.25, 0.3) is 0 Å². The molecule has 0 spiro atoms. The van der Waals surface area contributed by atoms with Gasteiger partial charge < -0.3 is 10.8 Å². The van der Waals surface area contributed by atoms with Crippen molar-refractivity contribution < 1.29 is 5.11 Å². The Bertz CT molecular complexity index is 445. The van der Waals surface area contributed by atoms with E-state index in [4.69, 9.17) is 5.73 Å². The van der Waals surface area contributed by atoms with Crippen molar-refractivity contribution in [3.8, 4) is 5.75 Å².